The first-order valence-electron chi connectivity index (χ1n) is 11.7. The molecule has 3 aromatic rings. The molecule has 1 aromatic carbocycles. The summed E-state index contributed by atoms with van der Waals surface area (Å²) in [6.07, 6.45) is 5.82. The molecule has 0 saturated carbocycles. The van der Waals surface area contributed by atoms with Crippen LogP contribution in [0.2, 0.25) is 0 Å². The van der Waals surface area contributed by atoms with Crippen molar-refractivity contribution in [3.05, 3.63) is 71.3 Å². The molecule has 0 N–H and O–H groups in total. The standard InChI is InChI=1S/C25H29N5O3/c1-18-24(28-33-27-18)23-6-4-14-30(23)25(31)19-7-9-21(10-8-19)32-22-11-15-29(16-12-22)17-20-5-2-3-13-26-20/h2-3,5,7-10,13,22-23H,4,6,11-12,14-17H2,1H3. The van der Waals surface area contributed by atoms with Crippen LogP contribution in [-0.2, 0) is 6.54 Å². The summed E-state index contributed by atoms with van der Waals surface area (Å²) in [6.45, 7) is 5.44. The summed E-state index contributed by atoms with van der Waals surface area (Å²) >= 11 is 0. The van der Waals surface area contributed by atoms with Gasteiger partial charge in [-0.1, -0.05) is 16.4 Å². The smallest absolute Gasteiger partial charge is 0.254 e. The van der Waals surface area contributed by atoms with Gasteiger partial charge < -0.3 is 9.64 Å². The number of likely N-dealkylation sites (tertiary alicyclic amines) is 2. The van der Waals surface area contributed by atoms with E-state index in [1.807, 2.05) is 54.4 Å². The van der Waals surface area contributed by atoms with Gasteiger partial charge in [0.1, 0.15) is 23.2 Å². The van der Waals surface area contributed by atoms with E-state index in [0.717, 1.165) is 68.1 Å². The van der Waals surface area contributed by atoms with Gasteiger partial charge in [-0.2, -0.15) is 0 Å². The first kappa shape index (κ1) is 21.6. The van der Waals surface area contributed by atoms with Gasteiger partial charge in [-0.05, 0) is 69.0 Å². The van der Waals surface area contributed by atoms with Gasteiger partial charge in [0.05, 0.1) is 11.7 Å². The van der Waals surface area contributed by atoms with Crippen LogP contribution in [0.1, 0.15) is 59.2 Å². The Labute approximate surface area is 193 Å². The number of hydrogen-bond donors (Lipinski definition) is 0. The number of amides is 1. The second kappa shape index (κ2) is 9.70. The summed E-state index contributed by atoms with van der Waals surface area (Å²) in [7, 11) is 0. The molecule has 2 saturated heterocycles. The predicted octanol–water partition coefficient (Wildman–Crippen LogP) is 3.79. The largest absolute Gasteiger partial charge is 0.490 e. The van der Waals surface area contributed by atoms with Crippen molar-refractivity contribution >= 4 is 5.91 Å². The van der Waals surface area contributed by atoms with Crippen LogP contribution >= 0.6 is 0 Å². The molecule has 0 spiro atoms. The molecule has 33 heavy (non-hydrogen) atoms. The van der Waals surface area contributed by atoms with Gasteiger partial charge in [0.2, 0.25) is 0 Å². The molecule has 0 aliphatic carbocycles. The molecule has 5 rings (SSSR count). The summed E-state index contributed by atoms with van der Waals surface area (Å²) < 4.78 is 11.1. The third-order valence-electron chi connectivity index (χ3n) is 6.57. The highest BCUT2D eigenvalue weighted by atomic mass is 16.6. The normalized spacial score (nSPS) is 19.7. The third kappa shape index (κ3) is 4.90. The van der Waals surface area contributed by atoms with Crippen molar-refractivity contribution in [2.75, 3.05) is 19.6 Å². The first-order chi connectivity index (χ1) is 16.2. The van der Waals surface area contributed by atoms with E-state index in [2.05, 4.69) is 26.3 Å². The number of piperidine rings is 1. The number of benzene rings is 1. The minimum absolute atomic E-state index is 0.00859. The number of ether oxygens (including phenoxy) is 1. The highest BCUT2D eigenvalue weighted by Crippen LogP contribution is 2.33. The quantitative estimate of drug-likeness (QED) is 0.568. The predicted molar refractivity (Wildman–Crippen MR) is 122 cm³/mol. The molecule has 8 nitrogen and oxygen atoms in total. The highest BCUT2D eigenvalue weighted by molar-refractivity contribution is 5.94. The molecule has 1 amide bonds. The van der Waals surface area contributed by atoms with Crippen LogP contribution < -0.4 is 4.74 Å². The summed E-state index contributed by atoms with van der Waals surface area (Å²) in [5.74, 6) is 0.818. The maximum absolute atomic E-state index is 13.1. The maximum Gasteiger partial charge on any atom is 0.254 e. The van der Waals surface area contributed by atoms with Gasteiger partial charge in [-0.15, -0.1) is 0 Å². The van der Waals surface area contributed by atoms with Gasteiger partial charge in [-0.25, -0.2) is 4.63 Å². The van der Waals surface area contributed by atoms with Crippen LogP contribution in [0, 0.1) is 6.92 Å². The third-order valence-corrected chi connectivity index (χ3v) is 6.57. The van der Waals surface area contributed by atoms with Crippen molar-refractivity contribution in [1.82, 2.24) is 25.1 Å². The highest BCUT2D eigenvalue weighted by Gasteiger charge is 2.34. The first-order valence-corrected chi connectivity index (χ1v) is 11.7. The van der Waals surface area contributed by atoms with Gasteiger partial charge in [0, 0.05) is 37.9 Å². The Hall–Kier alpha value is -3.26. The minimum Gasteiger partial charge on any atom is -0.490 e. The van der Waals surface area contributed by atoms with E-state index in [9.17, 15) is 4.79 Å². The van der Waals surface area contributed by atoms with Crippen molar-refractivity contribution in [2.45, 2.75) is 51.3 Å². The number of carbonyl (C=O) groups excluding carboxylic acids is 1. The molecule has 8 heteroatoms. The summed E-state index contributed by atoms with van der Waals surface area (Å²) in [5, 5.41) is 7.90. The molecule has 0 bridgehead atoms. The molecule has 1 unspecified atom stereocenters. The molecule has 172 valence electrons. The van der Waals surface area contributed by atoms with Gasteiger partial charge >= 0.3 is 0 Å². The van der Waals surface area contributed by atoms with Gasteiger partial charge in [-0.3, -0.25) is 14.7 Å². The van der Waals surface area contributed by atoms with E-state index in [4.69, 9.17) is 9.37 Å². The number of rotatable bonds is 6. The molecule has 1 atom stereocenters. The van der Waals surface area contributed by atoms with Gasteiger partial charge in [0.15, 0.2) is 0 Å². The Kier molecular flexibility index (Phi) is 6.35. The molecular formula is C25H29N5O3. The average Bonchev–Trinajstić information content (AvgIpc) is 3.50. The zero-order valence-electron chi connectivity index (χ0n) is 18.9. The topological polar surface area (TPSA) is 84.6 Å². The lowest BCUT2D eigenvalue weighted by Gasteiger charge is -2.32. The fraction of sp³-hybridized carbons (Fsp3) is 0.440. The monoisotopic (exact) mass is 447 g/mol. The Morgan fingerprint density at radius 3 is 2.58 bits per heavy atom. The van der Waals surface area contributed by atoms with Crippen LogP contribution in [0.25, 0.3) is 0 Å². The fourth-order valence-corrected chi connectivity index (χ4v) is 4.77. The number of nitrogens with zero attached hydrogens (tertiary/aromatic N) is 5. The van der Waals surface area contributed by atoms with E-state index >= 15 is 0 Å². The number of aromatic nitrogens is 3. The van der Waals surface area contributed by atoms with E-state index in [1.54, 1.807) is 0 Å². The molecule has 2 aliphatic heterocycles. The minimum atomic E-state index is -0.0732. The lowest BCUT2D eigenvalue weighted by atomic mass is 10.1. The summed E-state index contributed by atoms with van der Waals surface area (Å²) in [5.41, 5.74) is 3.27. The van der Waals surface area contributed by atoms with Crippen LogP contribution in [0.15, 0.2) is 53.3 Å². The van der Waals surface area contributed by atoms with Crippen molar-refractivity contribution in [3.8, 4) is 5.75 Å². The number of aryl methyl sites for hydroxylation is 1. The second-order valence-corrected chi connectivity index (χ2v) is 8.83. The zero-order valence-corrected chi connectivity index (χ0v) is 18.9. The van der Waals surface area contributed by atoms with Crippen LogP contribution in [0.3, 0.4) is 0 Å². The maximum atomic E-state index is 13.1. The van der Waals surface area contributed by atoms with Crippen LogP contribution in [-0.4, -0.2) is 56.7 Å². The fourth-order valence-electron chi connectivity index (χ4n) is 4.77. The van der Waals surface area contributed by atoms with Crippen LogP contribution in [0.5, 0.6) is 5.75 Å². The lowest BCUT2D eigenvalue weighted by molar-refractivity contribution is 0.0730. The Morgan fingerprint density at radius 2 is 1.88 bits per heavy atom. The van der Waals surface area contributed by atoms with Crippen molar-refractivity contribution < 1.29 is 14.2 Å². The van der Waals surface area contributed by atoms with E-state index < -0.39 is 0 Å². The molecule has 2 aliphatic rings. The van der Waals surface area contributed by atoms with E-state index in [1.165, 1.54) is 0 Å². The molecule has 2 aromatic heterocycles. The number of carbonyl (C=O) groups is 1. The molecule has 4 heterocycles. The van der Waals surface area contributed by atoms with Crippen LogP contribution in [0.4, 0.5) is 0 Å². The summed E-state index contributed by atoms with van der Waals surface area (Å²) in [4.78, 5) is 21.9. The Bertz CT molecular complexity index is 1060. The Morgan fingerprint density at radius 1 is 1.06 bits per heavy atom. The molecular weight excluding hydrogens is 418 g/mol. The van der Waals surface area contributed by atoms with Crippen molar-refractivity contribution in [1.29, 1.82) is 0 Å². The number of hydrogen-bond acceptors (Lipinski definition) is 7. The Balaban J connectivity index is 1.15. The lowest BCUT2D eigenvalue weighted by Crippen LogP contribution is -2.38. The van der Waals surface area contributed by atoms with E-state index in [-0.39, 0.29) is 18.1 Å². The summed E-state index contributed by atoms with van der Waals surface area (Å²) in [6, 6.07) is 13.5. The zero-order chi connectivity index (χ0) is 22.6. The second-order valence-electron chi connectivity index (χ2n) is 8.83. The van der Waals surface area contributed by atoms with Gasteiger partial charge in [0.25, 0.3) is 5.91 Å². The SMILES string of the molecule is Cc1nonc1C1CCCN1C(=O)c1ccc(OC2CCN(Cc3ccccn3)CC2)cc1. The van der Waals surface area contributed by atoms with E-state index in [0.29, 0.717) is 12.1 Å². The molecule has 2 fully saturated rings. The van der Waals surface area contributed by atoms with Crippen molar-refractivity contribution in [3.63, 3.8) is 0 Å². The average molecular weight is 448 g/mol. The number of pyridine rings is 1. The molecule has 0 radical (unpaired) electrons. The van der Waals surface area contributed by atoms with Crippen molar-refractivity contribution in [2.24, 2.45) is 0 Å².